The number of fused-ring (bicyclic) bond motifs is 11. The molecule has 2 aliphatic rings. The molecule has 7 aromatic rings. The number of nitrogens with one attached hydrogen (secondary N) is 1. The van der Waals surface area contributed by atoms with Crippen LogP contribution in [0.15, 0.2) is 158 Å². The summed E-state index contributed by atoms with van der Waals surface area (Å²) in [6, 6.07) is 57.7. The summed E-state index contributed by atoms with van der Waals surface area (Å²) < 4.78 is 0. The zero-order valence-corrected chi connectivity index (χ0v) is 23.0. The predicted octanol–water partition coefficient (Wildman–Crippen LogP) is 10.6. The van der Waals surface area contributed by atoms with E-state index in [0.29, 0.717) is 0 Å². The van der Waals surface area contributed by atoms with Gasteiger partial charge in [-0.2, -0.15) is 0 Å². The Morgan fingerprint density at radius 3 is 1.55 bits per heavy atom. The molecule has 1 spiro atoms. The molecule has 0 atom stereocenters. The molecule has 0 heterocycles. The molecule has 0 saturated heterocycles. The van der Waals surface area contributed by atoms with Crippen LogP contribution in [-0.4, -0.2) is 0 Å². The Morgan fingerprint density at radius 2 is 0.857 bits per heavy atom. The van der Waals surface area contributed by atoms with Crippen molar-refractivity contribution in [3.63, 3.8) is 0 Å². The highest BCUT2D eigenvalue weighted by Gasteiger charge is 2.51. The lowest BCUT2D eigenvalue weighted by Crippen LogP contribution is -2.25. The van der Waals surface area contributed by atoms with E-state index in [1.165, 1.54) is 66.4 Å². The standard InChI is InChI=1S/C41H27N/c1-2-12-31-27(10-1)11-9-16-32(31)28-20-22-29(23-21-28)42-30-24-25-40-36(26-30)35-15-5-8-19-39(35)41(40)37-17-6-3-13-33(37)34-14-4-7-18-38(34)41/h1-26,42H. The molecule has 1 N–H and O–H groups in total. The predicted molar refractivity (Wildman–Crippen MR) is 175 cm³/mol. The van der Waals surface area contributed by atoms with Crippen molar-refractivity contribution in [1.29, 1.82) is 0 Å². The Bertz CT molecular complexity index is 2120. The van der Waals surface area contributed by atoms with Crippen molar-refractivity contribution in [2.24, 2.45) is 0 Å². The highest BCUT2D eigenvalue weighted by Crippen LogP contribution is 2.62. The van der Waals surface area contributed by atoms with E-state index in [1.54, 1.807) is 0 Å². The molecule has 42 heavy (non-hydrogen) atoms. The van der Waals surface area contributed by atoms with Gasteiger partial charge in [-0.05, 0) is 90.7 Å². The molecule has 1 nitrogen and oxygen atoms in total. The van der Waals surface area contributed by atoms with Crippen LogP contribution >= 0.6 is 0 Å². The quantitative estimate of drug-likeness (QED) is 0.238. The van der Waals surface area contributed by atoms with Gasteiger partial charge in [-0.3, -0.25) is 0 Å². The second-order valence-corrected chi connectivity index (χ2v) is 11.4. The normalized spacial score (nSPS) is 13.4. The minimum absolute atomic E-state index is 0.294. The third kappa shape index (κ3) is 3.14. The van der Waals surface area contributed by atoms with Crippen LogP contribution < -0.4 is 5.32 Å². The van der Waals surface area contributed by atoms with E-state index in [2.05, 4.69) is 163 Å². The van der Waals surface area contributed by atoms with E-state index >= 15 is 0 Å². The molecule has 0 bridgehead atoms. The van der Waals surface area contributed by atoms with Crippen LogP contribution in [0.3, 0.4) is 0 Å². The number of rotatable bonds is 3. The Kier molecular flexibility index (Phi) is 4.88. The molecular formula is C41H27N. The Morgan fingerprint density at radius 1 is 0.357 bits per heavy atom. The van der Waals surface area contributed by atoms with Gasteiger partial charge in [0.05, 0.1) is 5.41 Å². The third-order valence-electron chi connectivity index (χ3n) is 9.27. The summed E-state index contributed by atoms with van der Waals surface area (Å²) >= 11 is 0. The Balaban J connectivity index is 1.14. The van der Waals surface area contributed by atoms with Gasteiger partial charge in [-0.1, -0.05) is 133 Å². The monoisotopic (exact) mass is 533 g/mol. The largest absolute Gasteiger partial charge is 0.356 e. The molecule has 0 saturated carbocycles. The van der Waals surface area contributed by atoms with Crippen molar-refractivity contribution >= 4 is 22.1 Å². The average molecular weight is 534 g/mol. The maximum absolute atomic E-state index is 3.70. The van der Waals surface area contributed by atoms with E-state index in [9.17, 15) is 0 Å². The van der Waals surface area contributed by atoms with Crippen molar-refractivity contribution in [1.82, 2.24) is 0 Å². The molecule has 0 radical (unpaired) electrons. The van der Waals surface area contributed by atoms with Gasteiger partial charge in [0.1, 0.15) is 0 Å². The smallest absolute Gasteiger partial charge is 0.0725 e. The van der Waals surface area contributed by atoms with Gasteiger partial charge in [-0.15, -0.1) is 0 Å². The first-order valence-corrected chi connectivity index (χ1v) is 14.6. The van der Waals surface area contributed by atoms with E-state index < -0.39 is 0 Å². The van der Waals surface area contributed by atoms with Crippen LogP contribution in [0.2, 0.25) is 0 Å². The first-order chi connectivity index (χ1) is 20.8. The van der Waals surface area contributed by atoms with Gasteiger partial charge in [0, 0.05) is 11.4 Å². The summed E-state index contributed by atoms with van der Waals surface area (Å²) in [5.41, 5.74) is 15.1. The van der Waals surface area contributed by atoms with Crippen LogP contribution in [0.1, 0.15) is 22.3 Å². The molecule has 9 rings (SSSR count). The zero-order chi connectivity index (χ0) is 27.7. The fraction of sp³-hybridized carbons (Fsp3) is 0.0244. The van der Waals surface area contributed by atoms with Crippen molar-refractivity contribution in [2.75, 3.05) is 5.32 Å². The van der Waals surface area contributed by atoms with E-state index in [-0.39, 0.29) is 5.41 Å². The van der Waals surface area contributed by atoms with Gasteiger partial charge < -0.3 is 5.32 Å². The van der Waals surface area contributed by atoms with Crippen LogP contribution in [-0.2, 0) is 5.41 Å². The van der Waals surface area contributed by atoms with Gasteiger partial charge in [0.25, 0.3) is 0 Å². The van der Waals surface area contributed by atoms with Crippen molar-refractivity contribution in [3.05, 3.63) is 180 Å². The topological polar surface area (TPSA) is 12.0 Å². The van der Waals surface area contributed by atoms with Crippen LogP contribution in [0.4, 0.5) is 11.4 Å². The highest BCUT2D eigenvalue weighted by molar-refractivity contribution is 5.97. The Hall–Kier alpha value is -5.40. The zero-order valence-electron chi connectivity index (χ0n) is 23.0. The lowest BCUT2D eigenvalue weighted by atomic mass is 9.70. The molecule has 0 aromatic heterocycles. The third-order valence-corrected chi connectivity index (χ3v) is 9.27. The lowest BCUT2D eigenvalue weighted by molar-refractivity contribution is 0.794. The van der Waals surface area contributed by atoms with E-state index in [1.807, 2.05) is 0 Å². The van der Waals surface area contributed by atoms with Crippen molar-refractivity contribution in [3.8, 4) is 33.4 Å². The molecule has 0 amide bonds. The maximum atomic E-state index is 3.70. The number of benzene rings is 7. The number of hydrogen-bond acceptors (Lipinski definition) is 1. The summed E-state index contributed by atoms with van der Waals surface area (Å²) in [4.78, 5) is 0. The molecule has 196 valence electrons. The Labute approximate surface area is 245 Å². The summed E-state index contributed by atoms with van der Waals surface area (Å²) in [5, 5.41) is 6.24. The van der Waals surface area contributed by atoms with E-state index in [4.69, 9.17) is 0 Å². The second-order valence-electron chi connectivity index (χ2n) is 11.4. The van der Waals surface area contributed by atoms with Gasteiger partial charge in [-0.25, -0.2) is 0 Å². The first kappa shape index (κ1) is 23.3. The minimum atomic E-state index is -0.294. The molecule has 0 fully saturated rings. The van der Waals surface area contributed by atoms with Crippen LogP contribution in [0.25, 0.3) is 44.2 Å². The molecular weight excluding hydrogens is 506 g/mol. The van der Waals surface area contributed by atoms with E-state index in [0.717, 1.165) is 11.4 Å². The number of hydrogen-bond donors (Lipinski definition) is 1. The highest BCUT2D eigenvalue weighted by atomic mass is 14.9. The van der Waals surface area contributed by atoms with Crippen LogP contribution in [0.5, 0.6) is 0 Å². The van der Waals surface area contributed by atoms with Crippen LogP contribution in [0, 0.1) is 0 Å². The number of anilines is 2. The lowest BCUT2D eigenvalue weighted by Gasteiger charge is -2.30. The average Bonchev–Trinajstić information content (AvgIpc) is 3.52. The molecule has 0 aliphatic heterocycles. The summed E-state index contributed by atoms with van der Waals surface area (Å²) in [6.07, 6.45) is 0. The summed E-state index contributed by atoms with van der Waals surface area (Å²) in [5.74, 6) is 0. The van der Waals surface area contributed by atoms with Crippen molar-refractivity contribution in [2.45, 2.75) is 5.41 Å². The first-order valence-electron chi connectivity index (χ1n) is 14.6. The molecule has 0 unspecified atom stereocenters. The summed E-state index contributed by atoms with van der Waals surface area (Å²) in [6.45, 7) is 0. The molecule has 1 heteroatoms. The second kappa shape index (κ2) is 8.80. The summed E-state index contributed by atoms with van der Waals surface area (Å²) in [7, 11) is 0. The fourth-order valence-corrected chi connectivity index (χ4v) is 7.55. The van der Waals surface area contributed by atoms with Gasteiger partial charge >= 0.3 is 0 Å². The fourth-order valence-electron chi connectivity index (χ4n) is 7.55. The molecule has 2 aliphatic carbocycles. The van der Waals surface area contributed by atoms with Gasteiger partial charge in [0.15, 0.2) is 0 Å². The van der Waals surface area contributed by atoms with Crippen molar-refractivity contribution < 1.29 is 0 Å². The minimum Gasteiger partial charge on any atom is -0.356 e. The maximum Gasteiger partial charge on any atom is 0.0725 e. The SMILES string of the molecule is c1ccc2c(c1)-c1ccccc1C21c2ccccc2-c2cc(Nc3ccc(-c4cccc5ccccc45)cc3)ccc21. The molecule has 7 aromatic carbocycles. The van der Waals surface area contributed by atoms with Gasteiger partial charge in [0.2, 0.25) is 0 Å².